The van der Waals surface area contributed by atoms with E-state index in [2.05, 4.69) is 0 Å². The molecule has 0 saturated carbocycles. The minimum absolute atomic E-state index is 0.142. The van der Waals surface area contributed by atoms with Crippen molar-refractivity contribution in [2.75, 3.05) is 13.1 Å². The Kier molecular flexibility index (Phi) is 3.12. The molecule has 2 unspecified atom stereocenters. The van der Waals surface area contributed by atoms with E-state index in [9.17, 15) is 13.6 Å². The van der Waals surface area contributed by atoms with Gasteiger partial charge in [-0.3, -0.25) is 4.79 Å². The SMILES string of the molecule is CCC(C)C(=O)N1CC(C)C(F)(F)C1. The van der Waals surface area contributed by atoms with Gasteiger partial charge in [0.1, 0.15) is 0 Å². The summed E-state index contributed by atoms with van der Waals surface area (Å²) in [5.74, 6) is -3.70. The van der Waals surface area contributed by atoms with Crippen molar-refractivity contribution in [1.29, 1.82) is 0 Å². The van der Waals surface area contributed by atoms with Crippen LogP contribution in [0.1, 0.15) is 27.2 Å². The van der Waals surface area contributed by atoms with Crippen LogP contribution in [0, 0.1) is 11.8 Å². The van der Waals surface area contributed by atoms with Crippen LogP contribution >= 0.6 is 0 Å². The number of carbonyl (C=O) groups excluding carboxylic acids is 1. The molecule has 1 aliphatic rings. The van der Waals surface area contributed by atoms with Gasteiger partial charge in [-0.1, -0.05) is 20.8 Å². The van der Waals surface area contributed by atoms with Crippen LogP contribution in [0.5, 0.6) is 0 Å². The van der Waals surface area contributed by atoms with Gasteiger partial charge in [0.25, 0.3) is 5.92 Å². The molecule has 1 fully saturated rings. The first-order chi connectivity index (χ1) is 6.38. The Bertz CT molecular complexity index is 230. The zero-order chi connectivity index (χ0) is 10.9. The van der Waals surface area contributed by atoms with E-state index in [0.717, 1.165) is 0 Å². The third-order valence-corrected chi connectivity index (χ3v) is 2.96. The minimum atomic E-state index is -2.71. The summed E-state index contributed by atoms with van der Waals surface area (Å²) in [5, 5.41) is 0. The van der Waals surface area contributed by atoms with Gasteiger partial charge in [0, 0.05) is 18.4 Å². The summed E-state index contributed by atoms with van der Waals surface area (Å²) in [6.45, 7) is 4.95. The van der Waals surface area contributed by atoms with Crippen molar-refractivity contribution < 1.29 is 13.6 Å². The normalized spacial score (nSPS) is 27.8. The smallest absolute Gasteiger partial charge is 0.269 e. The molecule has 2 atom stereocenters. The predicted octanol–water partition coefficient (Wildman–Crippen LogP) is 2.15. The molecule has 0 radical (unpaired) electrons. The van der Waals surface area contributed by atoms with Gasteiger partial charge < -0.3 is 4.90 Å². The van der Waals surface area contributed by atoms with E-state index in [1.807, 2.05) is 6.92 Å². The van der Waals surface area contributed by atoms with E-state index in [4.69, 9.17) is 0 Å². The van der Waals surface area contributed by atoms with Crippen LogP contribution in [0.15, 0.2) is 0 Å². The first-order valence-electron chi connectivity index (χ1n) is 5.05. The van der Waals surface area contributed by atoms with Gasteiger partial charge in [-0.15, -0.1) is 0 Å². The molecular formula is C10H17F2NO. The van der Waals surface area contributed by atoms with Crippen molar-refractivity contribution in [3.63, 3.8) is 0 Å². The maximum Gasteiger partial charge on any atom is 0.269 e. The molecule has 0 bridgehead atoms. The second kappa shape index (κ2) is 3.83. The standard InChI is InChI=1S/C10H17F2NO/c1-4-7(2)9(14)13-5-8(3)10(11,12)6-13/h7-8H,4-6H2,1-3H3. The Morgan fingerprint density at radius 2 is 2.21 bits per heavy atom. The summed E-state index contributed by atoms with van der Waals surface area (Å²) < 4.78 is 26.2. The van der Waals surface area contributed by atoms with Crippen LogP contribution in [0.3, 0.4) is 0 Å². The second-order valence-electron chi connectivity index (χ2n) is 4.19. The lowest BCUT2D eigenvalue weighted by molar-refractivity contribution is -0.135. The van der Waals surface area contributed by atoms with Crippen molar-refractivity contribution in [3.05, 3.63) is 0 Å². The molecule has 14 heavy (non-hydrogen) atoms. The number of hydrogen-bond acceptors (Lipinski definition) is 1. The molecule has 1 aliphatic heterocycles. The summed E-state index contributed by atoms with van der Waals surface area (Å²) in [4.78, 5) is 12.9. The molecule has 1 saturated heterocycles. The highest BCUT2D eigenvalue weighted by Gasteiger charge is 2.47. The van der Waals surface area contributed by atoms with Crippen LogP contribution in [0.25, 0.3) is 0 Å². The fourth-order valence-corrected chi connectivity index (χ4v) is 1.59. The fraction of sp³-hybridized carbons (Fsp3) is 0.900. The van der Waals surface area contributed by atoms with Gasteiger partial charge in [-0.05, 0) is 6.42 Å². The van der Waals surface area contributed by atoms with Crippen molar-refractivity contribution in [2.24, 2.45) is 11.8 Å². The number of alkyl halides is 2. The quantitative estimate of drug-likeness (QED) is 0.676. The minimum Gasteiger partial charge on any atom is -0.336 e. The van der Waals surface area contributed by atoms with Gasteiger partial charge in [0.15, 0.2) is 0 Å². The average molecular weight is 205 g/mol. The molecule has 4 heteroatoms. The highest BCUT2D eigenvalue weighted by atomic mass is 19.3. The maximum atomic E-state index is 13.1. The third-order valence-electron chi connectivity index (χ3n) is 2.96. The van der Waals surface area contributed by atoms with Crippen molar-refractivity contribution in [3.8, 4) is 0 Å². The van der Waals surface area contributed by atoms with Crippen LogP contribution in [-0.2, 0) is 4.79 Å². The van der Waals surface area contributed by atoms with Gasteiger partial charge in [0.05, 0.1) is 6.54 Å². The van der Waals surface area contributed by atoms with Crippen LogP contribution in [-0.4, -0.2) is 29.8 Å². The number of nitrogens with zero attached hydrogens (tertiary/aromatic N) is 1. The summed E-state index contributed by atoms with van der Waals surface area (Å²) in [7, 11) is 0. The zero-order valence-electron chi connectivity index (χ0n) is 8.89. The summed E-state index contributed by atoms with van der Waals surface area (Å²) in [6, 6.07) is 0. The second-order valence-corrected chi connectivity index (χ2v) is 4.19. The van der Waals surface area contributed by atoms with E-state index >= 15 is 0 Å². The van der Waals surface area contributed by atoms with Gasteiger partial charge in [-0.25, -0.2) is 8.78 Å². The molecule has 0 spiro atoms. The zero-order valence-corrected chi connectivity index (χ0v) is 8.89. The van der Waals surface area contributed by atoms with E-state index < -0.39 is 18.4 Å². The molecule has 0 aromatic heterocycles. The Hall–Kier alpha value is -0.670. The first kappa shape index (κ1) is 11.4. The van der Waals surface area contributed by atoms with Crippen molar-refractivity contribution in [1.82, 2.24) is 4.90 Å². The topological polar surface area (TPSA) is 20.3 Å². The van der Waals surface area contributed by atoms with E-state index in [0.29, 0.717) is 6.42 Å². The molecule has 0 aliphatic carbocycles. The summed E-state index contributed by atoms with van der Waals surface area (Å²) in [6.07, 6.45) is 0.704. The monoisotopic (exact) mass is 205 g/mol. The Labute approximate surface area is 83.3 Å². The van der Waals surface area contributed by atoms with Gasteiger partial charge >= 0.3 is 0 Å². The molecule has 0 aromatic rings. The number of likely N-dealkylation sites (tertiary alicyclic amines) is 1. The number of carbonyl (C=O) groups is 1. The molecule has 2 nitrogen and oxygen atoms in total. The lowest BCUT2D eigenvalue weighted by Gasteiger charge is -2.19. The van der Waals surface area contributed by atoms with Crippen LogP contribution in [0.2, 0.25) is 0 Å². The number of rotatable bonds is 2. The number of hydrogen-bond donors (Lipinski definition) is 0. The van der Waals surface area contributed by atoms with Crippen molar-refractivity contribution in [2.45, 2.75) is 33.1 Å². The Morgan fingerprint density at radius 1 is 1.64 bits per heavy atom. The molecule has 1 rings (SSSR count). The molecule has 82 valence electrons. The molecule has 1 heterocycles. The van der Waals surface area contributed by atoms with E-state index in [-0.39, 0.29) is 18.4 Å². The molecule has 1 amide bonds. The molecular weight excluding hydrogens is 188 g/mol. The summed E-state index contributed by atoms with van der Waals surface area (Å²) >= 11 is 0. The first-order valence-corrected chi connectivity index (χ1v) is 5.05. The Balaban J connectivity index is 2.62. The molecule has 0 N–H and O–H groups in total. The van der Waals surface area contributed by atoms with E-state index in [1.54, 1.807) is 6.92 Å². The lowest BCUT2D eigenvalue weighted by atomic mass is 10.1. The van der Waals surface area contributed by atoms with Crippen molar-refractivity contribution >= 4 is 5.91 Å². The van der Waals surface area contributed by atoms with Crippen LogP contribution < -0.4 is 0 Å². The predicted molar refractivity (Wildman–Crippen MR) is 50.1 cm³/mol. The Morgan fingerprint density at radius 3 is 2.57 bits per heavy atom. The van der Waals surface area contributed by atoms with E-state index in [1.165, 1.54) is 11.8 Å². The average Bonchev–Trinajstić information content (AvgIpc) is 2.39. The fourth-order valence-electron chi connectivity index (χ4n) is 1.59. The van der Waals surface area contributed by atoms with Crippen LogP contribution in [0.4, 0.5) is 8.78 Å². The summed E-state index contributed by atoms with van der Waals surface area (Å²) in [5.41, 5.74) is 0. The highest BCUT2D eigenvalue weighted by Crippen LogP contribution is 2.33. The largest absolute Gasteiger partial charge is 0.336 e. The third kappa shape index (κ3) is 2.04. The lowest BCUT2D eigenvalue weighted by Crippen LogP contribution is -2.34. The maximum absolute atomic E-state index is 13.1. The molecule has 0 aromatic carbocycles. The van der Waals surface area contributed by atoms with Gasteiger partial charge in [-0.2, -0.15) is 0 Å². The number of amides is 1. The number of halogens is 2. The van der Waals surface area contributed by atoms with Gasteiger partial charge in [0.2, 0.25) is 5.91 Å². The highest BCUT2D eigenvalue weighted by molar-refractivity contribution is 5.78.